The first-order chi connectivity index (χ1) is 8.40. The summed E-state index contributed by atoms with van der Waals surface area (Å²) in [6, 6.07) is 16.2. The number of methoxy groups -OCH3 is 1. The molecule has 3 aromatic rings. The van der Waals surface area contributed by atoms with Crippen LogP contribution < -0.4 is 21.7 Å². The van der Waals surface area contributed by atoms with E-state index in [1.807, 2.05) is 42.7 Å². The minimum atomic E-state index is 0. The zero-order valence-corrected chi connectivity index (χ0v) is 10.7. The van der Waals surface area contributed by atoms with Crippen LogP contribution in [0.15, 0.2) is 54.9 Å². The fraction of sp³-hybridized carbons (Fsp3) is 0.0714. The number of fused-ring (bicyclic) bond motifs is 1. The van der Waals surface area contributed by atoms with Crippen molar-refractivity contribution in [2.24, 2.45) is 0 Å². The number of H-pyrrole nitrogens is 1. The number of halogens is 1. The number of hydrogen-bond acceptors (Lipinski definition) is 1. The molecule has 0 fully saturated rings. The Bertz CT molecular complexity index is 663. The summed E-state index contributed by atoms with van der Waals surface area (Å²) in [5.74, 6) is 0.863. The zero-order chi connectivity index (χ0) is 11.7. The van der Waals surface area contributed by atoms with Crippen LogP contribution in [0, 0.1) is 0 Å². The molecule has 1 N–H and O–H groups in total. The van der Waals surface area contributed by atoms with E-state index in [4.69, 9.17) is 4.74 Å². The molecule has 0 aliphatic rings. The van der Waals surface area contributed by atoms with Gasteiger partial charge in [0.1, 0.15) is 0 Å². The molecule has 0 atom stereocenters. The third-order valence-electron chi connectivity index (χ3n) is 2.86. The Morgan fingerprint density at radius 3 is 2.56 bits per heavy atom. The molecule has 0 radical (unpaired) electrons. The van der Waals surface area contributed by atoms with Gasteiger partial charge in [-0.15, -0.1) is 0 Å². The van der Waals surface area contributed by atoms with Gasteiger partial charge in [0.25, 0.3) is 0 Å². The molecule has 0 unspecified atom stereocenters. The topological polar surface area (TPSA) is 28.9 Å². The molecule has 2 aromatic carbocycles. The van der Waals surface area contributed by atoms with Crippen molar-refractivity contribution in [3.05, 3.63) is 54.9 Å². The minimum Gasteiger partial charge on any atom is -1.00 e. The summed E-state index contributed by atoms with van der Waals surface area (Å²) in [5.41, 5.74) is 3.28. The predicted octanol–water partition coefficient (Wildman–Crippen LogP) is -0.543. The van der Waals surface area contributed by atoms with Gasteiger partial charge in [0, 0.05) is 0 Å². The first kappa shape index (κ1) is 12.5. The third-order valence-corrected chi connectivity index (χ3v) is 2.86. The molecular formula is C14H13ClN2O. The number of para-hydroxylation sites is 4. The summed E-state index contributed by atoms with van der Waals surface area (Å²) in [4.78, 5) is 3.25. The van der Waals surface area contributed by atoms with Crippen LogP contribution in [0.1, 0.15) is 0 Å². The van der Waals surface area contributed by atoms with Gasteiger partial charge in [-0.05, 0) is 24.3 Å². The Balaban J connectivity index is 0.00000120. The standard InChI is InChI=1S/C14H12N2O.ClH/c1-17-14-9-5-4-8-13(14)16-10-15-11-6-2-3-7-12(11)16;/h2-10H,1H3;1H. The van der Waals surface area contributed by atoms with Crippen LogP contribution in [0.2, 0.25) is 0 Å². The van der Waals surface area contributed by atoms with Gasteiger partial charge in [0.05, 0.1) is 7.11 Å². The molecule has 18 heavy (non-hydrogen) atoms. The van der Waals surface area contributed by atoms with Crippen LogP contribution >= 0.6 is 0 Å². The Kier molecular flexibility index (Phi) is 3.53. The summed E-state index contributed by atoms with van der Waals surface area (Å²) in [6.45, 7) is 0. The van der Waals surface area contributed by atoms with Gasteiger partial charge >= 0.3 is 0 Å². The number of ether oxygens (including phenoxy) is 1. The summed E-state index contributed by atoms with van der Waals surface area (Å²) in [5, 5.41) is 0. The molecule has 0 spiro atoms. The molecule has 3 nitrogen and oxygen atoms in total. The lowest BCUT2D eigenvalue weighted by Crippen LogP contribution is -3.00. The molecule has 0 amide bonds. The van der Waals surface area contributed by atoms with Crippen molar-refractivity contribution < 1.29 is 21.7 Å². The quantitative estimate of drug-likeness (QED) is 0.616. The first-order valence-corrected chi connectivity index (χ1v) is 5.51. The highest BCUT2D eigenvalue weighted by Gasteiger charge is 2.14. The number of nitrogens with one attached hydrogen (secondary N) is 1. The van der Waals surface area contributed by atoms with E-state index < -0.39 is 0 Å². The number of aromatic amines is 1. The number of aromatic nitrogens is 2. The normalized spacial score (nSPS) is 10.1. The summed E-state index contributed by atoms with van der Waals surface area (Å²) >= 11 is 0. The number of hydrogen-bond donors (Lipinski definition) is 1. The van der Waals surface area contributed by atoms with Crippen molar-refractivity contribution in [3.63, 3.8) is 0 Å². The second-order valence-electron chi connectivity index (χ2n) is 3.83. The summed E-state index contributed by atoms with van der Waals surface area (Å²) < 4.78 is 7.47. The smallest absolute Gasteiger partial charge is 0.247 e. The average Bonchev–Trinajstić information content (AvgIpc) is 2.82. The van der Waals surface area contributed by atoms with Crippen LogP contribution in [0.5, 0.6) is 5.75 Å². The van der Waals surface area contributed by atoms with E-state index in [9.17, 15) is 0 Å². The van der Waals surface area contributed by atoms with E-state index in [0.29, 0.717) is 0 Å². The number of imidazole rings is 1. The fourth-order valence-corrected chi connectivity index (χ4v) is 2.04. The van der Waals surface area contributed by atoms with Gasteiger partial charge in [0.2, 0.25) is 6.33 Å². The Morgan fingerprint density at radius 2 is 1.72 bits per heavy atom. The third kappa shape index (κ3) is 1.93. The second-order valence-corrected chi connectivity index (χ2v) is 3.83. The van der Waals surface area contributed by atoms with Gasteiger partial charge in [-0.25, -0.2) is 4.98 Å². The predicted molar refractivity (Wildman–Crippen MR) is 66.4 cm³/mol. The molecule has 1 heterocycles. The summed E-state index contributed by atoms with van der Waals surface area (Å²) in [7, 11) is 1.69. The van der Waals surface area contributed by atoms with Gasteiger partial charge in [-0.3, -0.25) is 0 Å². The van der Waals surface area contributed by atoms with Crippen LogP contribution in [0.25, 0.3) is 16.7 Å². The minimum absolute atomic E-state index is 0. The highest BCUT2D eigenvalue weighted by molar-refractivity contribution is 5.71. The van der Waals surface area contributed by atoms with Crippen molar-refractivity contribution in [3.8, 4) is 11.4 Å². The van der Waals surface area contributed by atoms with Gasteiger partial charge in [0.15, 0.2) is 22.5 Å². The maximum atomic E-state index is 5.38. The van der Waals surface area contributed by atoms with Gasteiger partial charge in [-0.2, -0.15) is 4.57 Å². The number of benzene rings is 2. The van der Waals surface area contributed by atoms with E-state index in [0.717, 1.165) is 22.5 Å². The monoisotopic (exact) mass is 260 g/mol. The molecule has 0 saturated heterocycles. The largest absolute Gasteiger partial charge is 1.00 e. The maximum Gasteiger partial charge on any atom is 0.247 e. The molecule has 0 aliphatic carbocycles. The molecule has 0 bridgehead atoms. The van der Waals surface area contributed by atoms with Crippen molar-refractivity contribution >= 4 is 11.0 Å². The van der Waals surface area contributed by atoms with Crippen molar-refractivity contribution in [1.29, 1.82) is 0 Å². The highest BCUT2D eigenvalue weighted by Crippen LogP contribution is 2.19. The van der Waals surface area contributed by atoms with E-state index in [1.54, 1.807) is 7.11 Å². The maximum absolute atomic E-state index is 5.38. The lowest BCUT2D eigenvalue weighted by atomic mass is 10.2. The molecule has 3 rings (SSSR count). The van der Waals surface area contributed by atoms with Crippen LogP contribution in [-0.2, 0) is 0 Å². The molecule has 92 valence electrons. The summed E-state index contributed by atoms with van der Waals surface area (Å²) in [6.07, 6.45) is 1.95. The molecule has 1 aromatic heterocycles. The molecule has 0 aliphatic heterocycles. The van der Waals surface area contributed by atoms with Crippen LogP contribution in [0.3, 0.4) is 0 Å². The Hall–Kier alpha value is -2.00. The van der Waals surface area contributed by atoms with E-state index in [-0.39, 0.29) is 12.4 Å². The van der Waals surface area contributed by atoms with E-state index in [1.165, 1.54) is 0 Å². The van der Waals surface area contributed by atoms with Gasteiger partial charge in [-0.1, -0.05) is 24.3 Å². The van der Waals surface area contributed by atoms with Crippen LogP contribution in [0.4, 0.5) is 0 Å². The zero-order valence-electron chi connectivity index (χ0n) is 9.93. The van der Waals surface area contributed by atoms with Crippen molar-refractivity contribution in [1.82, 2.24) is 4.98 Å². The SMILES string of the molecule is COc1ccccc1-[n+]1c[nH]c2ccccc21.[Cl-]. The number of rotatable bonds is 2. The lowest BCUT2D eigenvalue weighted by molar-refractivity contribution is -0.567. The molecule has 4 heteroatoms. The highest BCUT2D eigenvalue weighted by atomic mass is 35.5. The van der Waals surface area contributed by atoms with Gasteiger partial charge < -0.3 is 17.1 Å². The van der Waals surface area contributed by atoms with Crippen molar-refractivity contribution in [2.45, 2.75) is 0 Å². The Morgan fingerprint density at radius 1 is 1.00 bits per heavy atom. The van der Waals surface area contributed by atoms with E-state index in [2.05, 4.69) is 21.7 Å². The molecular weight excluding hydrogens is 248 g/mol. The first-order valence-electron chi connectivity index (χ1n) is 5.51. The van der Waals surface area contributed by atoms with Crippen molar-refractivity contribution in [2.75, 3.05) is 7.11 Å². The molecule has 0 saturated carbocycles. The van der Waals surface area contributed by atoms with E-state index >= 15 is 0 Å². The fourth-order valence-electron chi connectivity index (χ4n) is 2.04. The lowest BCUT2D eigenvalue weighted by Gasteiger charge is -2.04. The number of nitrogens with zero attached hydrogens (tertiary/aromatic N) is 1. The van der Waals surface area contributed by atoms with Crippen LogP contribution in [-0.4, -0.2) is 12.1 Å². The average molecular weight is 261 g/mol. The Labute approximate surface area is 111 Å². The second kappa shape index (κ2) is 5.10.